The third kappa shape index (κ3) is 7.34. The summed E-state index contributed by atoms with van der Waals surface area (Å²) in [5.41, 5.74) is 2.74. The van der Waals surface area contributed by atoms with Crippen molar-refractivity contribution in [2.75, 3.05) is 13.2 Å². The van der Waals surface area contributed by atoms with Crippen LogP contribution in [0.5, 0.6) is 5.75 Å². The number of nitrogens with one attached hydrogen (secondary N) is 1. The maximum absolute atomic E-state index is 13.5. The first-order chi connectivity index (χ1) is 16.4. The van der Waals surface area contributed by atoms with Crippen molar-refractivity contribution in [3.63, 3.8) is 0 Å². The molecular formula is C27H28BrClN2O3. The number of hydrogen-bond donors (Lipinski definition) is 1. The summed E-state index contributed by atoms with van der Waals surface area (Å²) < 4.78 is 6.70. The molecule has 0 bridgehead atoms. The molecule has 3 aromatic carbocycles. The first kappa shape index (κ1) is 25.8. The highest BCUT2D eigenvalue weighted by molar-refractivity contribution is 9.10. The third-order valence-electron chi connectivity index (χ3n) is 5.36. The Morgan fingerprint density at radius 1 is 1.03 bits per heavy atom. The van der Waals surface area contributed by atoms with Gasteiger partial charge in [0.1, 0.15) is 11.8 Å². The van der Waals surface area contributed by atoms with E-state index in [1.54, 1.807) is 23.1 Å². The second kappa shape index (κ2) is 12.6. The summed E-state index contributed by atoms with van der Waals surface area (Å²) in [6.07, 6.45) is 0.395. The van der Waals surface area contributed by atoms with Crippen molar-refractivity contribution in [3.05, 3.63) is 99.0 Å². The number of nitrogens with zero attached hydrogens (tertiary/aromatic N) is 1. The lowest BCUT2D eigenvalue weighted by molar-refractivity contribution is -0.142. The number of amides is 2. The van der Waals surface area contributed by atoms with Crippen molar-refractivity contribution in [3.8, 4) is 5.75 Å². The van der Waals surface area contributed by atoms with Crippen molar-refractivity contribution in [2.24, 2.45) is 0 Å². The number of hydrogen-bond acceptors (Lipinski definition) is 3. The van der Waals surface area contributed by atoms with Gasteiger partial charge in [0.25, 0.3) is 5.91 Å². The molecule has 1 N–H and O–H groups in total. The Balaban J connectivity index is 1.89. The fraction of sp³-hybridized carbons (Fsp3) is 0.259. The zero-order valence-corrected chi connectivity index (χ0v) is 21.6. The summed E-state index contributed by atoms with van der Waals surface area (Å²) in [7, 11) is 0. The van der Waals surface area contributed by atoms with Crippen LogP contribution in [0.15, 0.2) is 77.3 Å². The molecule has 3 rings (SSSR count). The predicted octanol–water partition coefficient (Wildman–Crippen LogP) is 5.57. The van der Waals surface area contributed by atoms with Crippen molar-refractivity contribution in [2.45, 2.75) is 32.9 Å². The van der Waals surface area contributed by atoms with Crippen molar-refractivity contribution < 1.29 is 14.3 Å². The number of likely N-dealkylation sites (N-methyl/N-ethyl adjacent to an activating group) is 1. The number of ether oxygens (including phenoxy) is 1. The van der Waals surface area contributed by atoms with E-state index in [4.69, 9.17) is 16.3 Å². The van der Waals surface area contributed by atoms with Crippen LogP contribution >= 0.6 is 27.5 Å². The van der Waals surface area contributed by atoms with E-state index in [2.05, 4.69) is 21.2 Å². The molecule has 0 aliphatic heterocycles. The number of aryl methyl sites for hydroxylation is 1. The summed E-state index contributed by atoms with van der Waals surface area (Å²) in [5.74, 6) is 0.0760. The molecule has 0 aromatic heterocycles. The average molecular weight is 544 g/mol. The van der Waals surface area contributed by atoms with E-state index in [0.717, 1.165) is 21.2 Å². The topological polar surface area (TPSA) is 58.6 Å². The smallest absolute Gasteiger partial charge is 0.261 e. The van der Waals surface area contributed by atoms with E-state index >= 15 is 0 Å². The molecule has 0 saturated carbocycles. The highest BCUT2D eigenvalue weighted by Crippen LogP contribution is 2.22. The monoisotopic (exact) mass is 542 g/mol. The lowest BCUT2D eigenvalue weighted by Gasteiger charge is -2.31. The van der Waals surface area contributed by atoms with Gasteiger partial charge in [0.2, 0.25) is 5.91 Å². The van der Waals surface area contributed by atoms with Gasteiger partial charge in [0.05, 0.1) is 0 Å². The van der Waals surface area contributed by atoms with Crippen LogP contribution in [0.4, 0.5) is 0 Å². The van der Waals surface area contributed by atoms with E-state index in [-0.39, 0.29) is 25.0 Å². The van der Waals surface area contributed by atoms with Gasteiger partial charge in [-0.2, -0.15) is 0 Å². The van der Waals surface area contributed by atoms with Gasteiger partial charge in [-0.25, -0.2) is 0 Å². The second-order valence-electron chi connectivity index (χ2n) is 7.95. The minimum Gasteiger partial charge on any atom is -0.484 e. The van der Waals surface area contributed by atoms with E-state index in [9.17, 15) is 9.59 Å². The van der Waals surface area contributed by atoms with Crippen LogP contribution < -0.4 is 10.1 Å². The summed E-state index contributed by atoms with van der Waals surface area (Å²) >= 11 is 9.59. The Morgan fingerprint density at radius 2 is 1.76 bits per heavy atom. The van der Waals surface area contributed by atoms with E-state index in [1.165, 1.54) is 0 Å². The molecule has 5 nitrogen and oxygen atoms in total. The Morgan fingerprint density at radius 3 is 2.44 bits per heavy atom. The molecule has 7 heteroatoms. The molecule has 0 radical (unpaired) electrons. The fourth-order valence-electron chi connectivity index (χ4n) is 3.61. The molecule has 2 amide bonds. The normalized spacial score (nSPS) is 11.5. The zero-order valence-electron chi connectivity index (χ0n) is 19.3. The summed E-state index contributed by atoms with van der Waals surface area (Å²) in [6.45, 7) is 4.30. The van der Waals surface area contributed by atoms with Crippen LogP contribution in [0.1, 0.15) is 23.6 Å². The summed E-state index contributed by atoms with van der Waals surface area (Å²) in [6, 6.07) is 22.0. The molecule has 0 aliphatic carbocycles. The van der Waals surface area contributed by atoms with Gasteiger partial charge < -0.3 is 15.0 Å². The molecule has 0 heterocycles. The maximum Gasteiger partial charge on any atom is 0.261 e. The Labute approximate surface area is 214 Å². The lowest BCUT2D eigenvalue weighted by Crippen LogP contribution is -2.51. The van der Waals surface area contributed by atoms with Crippen molar-refractivity contribution in [1.29, 1.82) is 0 Å². The fourth-order valence-corrected chi connectivity index (χ4v) is 4.18. The summed E-state index contributed by atoms with van der Waals surface area (Å²) in [5, 5.41) is 3.52. The molecular weight excluding hydrogens is 516 g/mol. The van der Waals surface area contributed by atoms with Crippen LogP contribution in [-0.2, 0) is 22.6 Å². The van der Waals surface area contributed by atoms with Crippen LogP contribution in [0.3, 0.4) is 0 Å². The molecule has 1 atom stereocenters. The standard InChI is InChI=1S/C27H28BrClN2O3/c1-3-30-27(33)25(16-20-8-5-4-6-9-20)31(17-21-10-7-11-22(28)15-21)26(32)18-34-23-12-13-24(29)19(2)14-23/h4-15,25H,3,16-18H2,1-2H3,(H,30,33). The minimum absolute atomic E-state index is 0.195. The van der Waals surface area contributed by atoms with Crippen LogP contribution in [0.25, 0.3) is 0 Å². The van der Waals surface area contributed by atoms with Gasteiger partial charge >= 0.3 is 0 Å². The Hall–Kier alpha value is -2.83. The summed E-state index contributed by atoms with van der Waals surface area (Å²) in [4.78, 5) is 28.2. The van der Waals surface area contributed by atoms with Gasteiger partial charge in [-0.15, -0.1) is 0 Å². The number of halogens is 2. The van der Waals surface area contributed by atoms with Gasteiger partial charge in [-0.1, -0.05) is 70.0 Å². The Kier molecular flexibility index (Phi) is 9.54. The molecule has 0 spiro atoms. The minimum atomic E-state index is -0.690. The molecule has 0 fully saturated rings. The van der Waals surface area contributed by atoms with Crippen molar-refractivity contribution in [1.82, 2.24) is 10.2 Å². The molecule has 3 aromatic rings. The van der Waals surface area contributed by atoms with E-state index in [0.29, 0.717) is 23.7 Å². The molecule has 178 valence electrons. The highest BCUT2D eigenvalue weighted by atomic mass is 79.9. The second-order valence-corrected chi connectivity index (χ2v) is 9.27. The molecule has 0 aliphatic rings. The molecule has 34 heavy (non-hydrogen) atoms. The van der Waals surface area contributed by atoms with Gasteiger partial charge in [-0.3, -0.25) is 9.59 Å². The maximum atomic E-state index is 13.5. The SMILES string of the molecule is CCNC(=O)C(Cc1ccccc1)N(Cc1cccc(Br)c1)C(=O)COc1ccc(Cl)c(C)c1. The van der Waals surface area contributed by atoms with E-state index in [1.807, 2.05) is 68.4 Å². The number of rotatable bonds is 10. The third-order valence-corrected chi connectivity index (χ3v) is 6.27. The first-order valence-electron chi connectivity index (χ1n) is 11.1. The van der Waals surface area contributed by atoms with E-state index < -0.39 is 6.04 Å². The zero-order chi connectivity index (χ0) is 24.5. The molecule has 1 unspecified atom stereocenters. The number of carbonyl (C=O) groups excluding carboxylic acids is 2. The first-order valence-corrected chi connectivity index (χ1v) is 12.3. The molecule has 0 saturated heterocycles. The van der Waals surface area contributed by atoms with Gasteiger partial charge in [-0.05, 0) is 60.9 Å². The van der Waals surface area contributed by atoms with Crippen LogP contribution in [0, 0.1) is 6.92 Å². The van der Waals surface area contributed by atoms with Crippen LogP contribution in [0.2, 0.25) is 5.02 Å². The Bertz CT molecular complexity index is 1120. The van der Waals surface area contributed by atoms with Crippen LogP contribution in [-0.4, -0.2) is 35.9 Å². The number of carbonyl (C=O) groups is 2. The lowest BCUT2D eigenvalue weighted by atomic mass is 10.0. The van der Waals surface area contributed by atoms with Gasteiger partial charge in [0.15, 0.2) is 6.61 Å². The average Bonchev–Trinajstić information content (AvgIpc) is 2.82. The largest absolute Gasteiger partial charge is 0.484 e. The van der Waals surface area contributed by atoms with Gasteiger partial charge in [0, 0.05) is 29.0 Å². The van der Waals surface area contributed by atoms with Crippen molar-refractivity contribution >= 4 is 39.3 Å². The number of benzene rings is 3. The quantitative estimate of drug-likeness (QED) is 0.364. The highest BCUT2D eigenvalue weighted by Gasteiger charge is 2.30. The predicted molar refractivity (Wildman–Crippen MR) is 139 cm³/mol.